The van der Waals surface area contributed by atoms with Gasteiger partial charge in [-0.15, -0.1) is 0 Å². The zero-order valence-corrected chi connectivity index (χ0v) is 22.7. The molecule has 0 radical (unpaired) electrons. The summed E-state index contributed by atoms with van der Waals surface area (Å²) in [5.41, 5.74) is 7.25. The highest BCUT2D eigenvalue weighted by Gasteiger charge is 2.42. The molecule has 2 atom stereocenters. The molecule has 5 rings (SSSR count). The first-order valence-electron chi connectivity index (χ1n) is 11.6. The number of halogens is 2. The molecular formula is C28H26Cl2N4OS. The van der Waals surface area contributed by atoms with Gasteiger partial charge in [-0.2, -0.15) is 0 Å². The smallest absolute Gasteiger partial charge is 0.174 e. The Labute approximate surface area is 226 Å². The summed E-state index contributed by atoms with van der Waals surface area (Å²) < 4.78 is 7.63. The maximum Gasteiger partial charge on any atom is 0.174 e. The Morgan fingerprint density at radius 3 is 2.47 bits per heavy atom. The van der Waals surface area contributed by atoms with Crippen LogP contribution in [-0.4, -0.2) is 21.8 Å². The van der Waals surface area contributed by atoms with Gasteiger partial charge in [0.15, 0.2) is 5.11 Å². The van der Waals surface area contributed by atoms with Gasteiger partial charge in [-0.3, -0.25) is 4.98 Å². The number of benzene rings is 2. The fourth-order valence-corrected chi connectivity index (χ4v) is 5.82. The van der Waals surface area contributed by atoms with Gasteiger partial charge in [0.1, 0.15) is 5.75 Å². The van der Waals surface area contributed by atoms with Crippen molar-refractivity contribution in [2.45, 2.75) is 32.9 Å². The molecule has 4 aromatic rings. The van der Waals surface area contributed by atoms with Gasteiger partial charge in [0.25, 0.3) is 0 Å². The molecule has 1 aliphatic rings. The fourth-order valence-electron chi connectivity index (χ4n) is 5.05. The number of aryl methyl sites for hydroxylation is 1. The minimum atomic E-state index is -0.158. The van der Waals surface area contributed by atoms with Crippen LogP contribution in [0.3, 0.4) is 0 Å². The van der Waals surface area contributed by atoms with Crippen molar-refractivity contribution in [3.63, 3.8) is 0 Å². The molecule has 1 N–H and O–H groups in total. The maximum absolute atomic E-state index is 6.53. The molecule has 2 aromatic heterocycles. The summed E-state index contributed by atoms with van der Waals surface area (Å²) in [5.74, 6) is 0.617. The second-order valence-corrected chi connectivity index (χ2v) is 10.1. The van der Waals surface area contributed by atoms with Gasteiger partial charge in [-0.25, -0.2) is 0 Å². The average Bonchev–Trinajstić information content (AvgIpc) is 3.36. The van der Waals surface area contributed by atoms with E-state index in [0.29, 0.717) is 15.9 Å². The summed E-state index contributed by atoms with van der Waals surface area (Å²) in [4.78, 5) is 6.79. The molecule has 0 saturated carbocycles. The summed E-state index contributed by atoms with van der Waals surface area (Å²) in [6, 6.07) is 19.6. The van der Waals surface area contributed by atoms with Gasteiger partial charge >= 0.3 is 0 Å². The molecule has 2 aromatic carbocycles. The van der Waals surface area contributed by atoms with Crippen LogP contribution in [0.15, 0.2) is 66.9 Å². The molecule has 0 unspecified atom stereocenters. The monoisotopic (exact) mass is 536 g/mol. The van der Waals surface area contributed by atoms with Crippen molar-refractivity contribution in [1.82, 2.24) is 14.9 Å². The predicted octanol–water partition coefficient (Wildman–Crippen LogP) is 7.29. The molecule has 0 spiro atoms. The zero-order valence-electron chi connectivity index (χ0n) is 20.4. The first-order chi connectivity index (χ1) is 17.3. The average molecular weight is 538 g/mol. The van der Waals surface area contributed by atoms with Crippen molar-refractivity contribution in [3.05, 3.63) is 105 Å². The van der Waals surface area contributed by atoms with Crippen LogP contribution >= 0.6 is 35.4 Å². The summed E-state index contributed by atoms with van der Waals surface area (Å²) in [5, 5.41) is 5.40. The van der Waals surface area contributed by atoms with E-state index in [2.05, 4.69) is 45.7 Å². The highest BCUT2D eigenvalue weighted by molar-refractivity contribution is 7.80. The number of nitrogens with one attached hydrogen (secondary N) is 1. The lowest BCUT2D eigenvalue weighted by molar-refractivity contribution is 0.415. The molecule has 3 heterocycles. The van der Waals surface area contributed by atoms with Crippen molar-refractivity contribution in [2.75, 3.05) is 12.0 Å². The van der Waals surface area contributed by atoms with E-state index in [9.17, 15) is 0 Å². The number of nitrogens with zero attached hydrogens (tertiary/aromatic N) is 3. The van der Waals surface area contributed by atoms with Crippen LogP contribution in [0.25, 0.3) is 5.69 Å². The van der Waals surface area contributed by atoms with E-state index < -0.39 is 0 Å². The molecular weight excluding hydrogens is 511 g/mol. The molecule has 5 nitrogen and oxygen atoms in total. The van der Waals surface area contributed by atoms with Crippen molar-refractivity contribution < 1.29 is 4.74 Å². The largest absolute Gasteiger partial charge is 0.495 e. The lowest BCUT2D eigenvalue weighted by Crippen LogP contribution is -2.29. The second kappa shape index (κ2) is 9.77. The Bertz CT molecular complexity index is 1450. The highest BCUT2D eigenvalue weighted by Crippen LogP contribution is 2.45. The third kappa shape index (κ3) is 4.13. The number of aromatic nitrogens is 2. The Morgan fingerprint density at radius 1 is 0.972 bits per heavy atom. The Balaban J connectivity index is 1.70. The Hall–Kier alpha value is -3.06. The summed E-state index contributed by atoms with van der Waals surface area (Å²) >= 11 is 18.9. The van der Waals surface area contributed by atoms with Gasteiger partial charge in [0.05, 0.1) is 29.9 Å². The number of rotatable bonds is 5. The lowest BCUT2D eigenvalue weighted by Gasteiger charge is -2.28. The lowest BCUT2D eigenvalue weighted by atomic mass is 9.96. The number of anilines is 1. The van der Waals surface area contributed by atoms with Crippen LogP contribution in [0.1, 0.15) is 40.3 Å². The van der Waals surface area contributed by atoms with E-state index in [0.717, 1.165) is 44.6 Å². The number of pyridine rings is 1. The molecule has 1 fully saturated rings. The van der Waals surface area contributed by atoms with Gasteiger partial charge in [0, 0.05) is 34.0 Å². The van der Waals surface area contributed by atoms with Crippen LogP contribution < -0.4 is 15.0 Å². The molecule has 0 amide bonds. The molecule has 1 saturated heterocycles. The SMILES string of the molecule is COc1ccc(N2C(=S)N[C@H](c3ccccn3)[C@H]2c2cc(C)n(-c3cccc(Cl)c3C)c2C)cc1Cl. The minimum absolute atomic E-state index is 0.156. The third-order valence-corrected chi connectivity index (χ3v) is 7.80. The molecule has 184 valence electrons. The summed E-state index contributed by atoms with van der Waals surface area (Å²) in [6.07, 6.45) is 1.81. The van der Waals surface area contributed by atoms with E-state index in [1.165, 1.54) is 0 Å². The number of thiocarbonyl (C=S) groups is 1. The van der Waals surface area contributed by atoms with E-state index in [-0.39, 0.29) is 12.1 Å². The molecule has 0 bridgehead atoms. The number of hydrogen-bond acceptors (Lipinski definition) is 3. The van der Waals surface area contributed by atoms with Gasteiger partial charge < -0.3 is 19.5 Å². The number of ether oxygens (including phenoxy) is 1. The summed E-state index contributed by atoms with van der Waals surface area (Å²) in [6.45, 7) is 6.30. The van der Waals surface area contributed by atoms with E-state index in [4.69, 9.17) is 40.2 Å². The number of methoxy groups -OCH3 is 1. The summed E-state index contributed by atoms with van der Waals surface area (Å²) in [7, 11) is 1.61. The predicted molar refractivity (Wildman–Crippen MR) is 151 cm³/mol. The van der Waals surface area contributed by atoms with Gasteiger partial charge in [0.2, 0.25) is 0 Å². The van der Waals surface area contributed by atoms with Crippen molar-refractivity contribution in [2.24, 2.45) is 0 Å². The van der Waals surface area contributed by atoms with Crippen molar-refractivity contribution in [3.8, 4) is 11.4 Å². The fraction of sp³-hybridized carbons (Fsp3) is 0.214. The van der Waals surface area contributed by atoms with Gasteiger partial charge in [-0.05, 0) is 92.6 Å². The van der Waals surface area contributed by atoms with Crippen molar-refractivity contribution >= 4 is 46.2 Å². The topological polar surface area (TPSA) is 42.3 Å². The van der Waals surface area contributed by atoms with Crippen LogP contribution in [0.5, 0.6) is 5.75 Å². The molecule has 1 aliphatic heterocycles. The van der Waals surface area contributed by atoms with Gasteiger partial charge in [-0.1, -0.05) is 35.3 Å². The molecule has 36 heavy (non-hydrogen) atoms. The standard InChI is InChI=1S/C28H26Cl2N4OS/c1-16-14-20(18(3)33(16)24-10-7-8-21(29)17(24)2)27-26(23-9-5-6-13-31-23)32-28(36)34(27)19-11-12-25(35-4)22(30)15-19/h5-15,26-27H,1-4H3,(H,32,36)/t26-,27-/m1/s1. The molecule has 0 aliphatic carbocycles. The van der Waals surface area contributed by atoms with E-state index >= 15 is 0 Å². The van der Waals surface area contributed by atoms with Crippen LogP contribution in [0, 0.1) is 20.8 Å². The van der Waals surface area contributed by atoms with Crippen molar-refractivity contribution in [1.29, 1.82) is 0 Å². The Kier molecular flexibility index (Phi) is 6.68. The number of hydrogen-bond donors (Lipinski definition) is 1. The van der Waals surface area contributed by atoms with Crippen LogP contribution in [0.2, 0.25) is 10.0 Å². The highest BCUT2D eigenvalue weighted by atomic mass is 35.5. The molecule has 8 heteroatoms. The van der Waals surface area contributed by atoms with E-state index in [1.807, 2.05) is 61.7 Å². The Morgan fingerprint density at radius 2 is 1.78 bits per heavy atom. The quantitative estimate of drug-likeness (QED) is 0.271. The first kappa shape index (κ1) is 24.6. The third-order valence-electron chi connectivity index (χ3n) is 6.78. The second-order valence-electron chi connectivity index (χ2n) is 8.86. The maximum atomic E-state index is 6.53. The normalized spacial score (nSPS) is 17.4. The van der Waals surface area contributed by atoms with Crippen LogP contribution in [-0.2, 0) is 0 Å². The zero-order chi connectivity index (χ0) is 25.6. The minimum Gasteiger partial charge on any atom is -0.495 e. The first-order valence-corrected chi connectivity index (χ1v) is 12.8. The van der Waals surface area contributed by atoms with Crippen LogP contribution in [0.4, 0.5) is 5.69 Å². The van der Waals surface area contributed by atoms with E-state index in [1.54, 1.807) is 7.11 Å².